The quantitative estimate of drug-likeness (QED) is 0.645. The van der Waals surface area contributed by atoms with Crippen LogP contribution < -0.4 is 5.32 Å². The Morgan fingerprint density at radius 3 is 2.42 bits per heavy atom. The molecule has 1 aromatic heterocycles. The van der Waals surface area contributed by atoms with Crippen LogP contribution in [0.4, 0.5) is 13.2 Å². The van der Waals surface area contributed by atoms with Crippen LogP contribution in [0.15, 0.2) is 24.5 Å². The molecule has 2 fully saturated rings. The van der Waals surface area contributed by atoms with Crippen molar-refractivity contribution >= 4 is 21.9 Å². The maximum atomic E-state index is 12.0. The lowest BCUT2D eigenvalue weighted by molar-refractivity contribution is -0.192. The molecule has 31 heavy (non-hydrogen) atoms. The Balaban J connectivity index is 0.000000423. The Morgan fingerprint density at radius 2 is 1.90 bits per heavy atom. The summed E-state index contributed by atoms with van der Waals surface area (Å²) in [7, 11) is -3.14. The van der Waals surface area contributed by atoms with Crippen LogP contribution in [0.25, 0.3) is 0 Å². The van der Waals surface area contributed by atoms with Gasteiger partial charge in [-0.25, -0.2) is 13.2 Å². The van der Waals surface area contributed by atoms with Crippen LogP contribution in [0, 0.1) is 5.92 Å². The minimum Gasteiger partial charge on any atom is -0.475 e. The van der Waals surface area contributed by atoms with Crippen LogP contribution in [0.1, 0.15) is 30.1 Å². The molecule has 0 saturated carbocycles. The standard InChI is InChI=1S/C16H23N3O4S.C2HF3O2/c1-2-24(21,22)19-11-16(12-19)14(6-10-23-16)5-9-18-15(20)13-3-7-17-8-4-13;3-2(4,5)1(6)7/h3-4,7-8,14H,2,5-6,9-12H2,1H3,(H,18,20);(H,6,7). The molecular weight excluding hydrogens is 443 g/mol. The third-order valence-corrected chi connectivity index (χ3v) is 6.98. The van der Waals surface area contributed by atoms with Crippen molar-refractivity contribution in [3.05, 3.63) is 30.1 Å². The molecule has 0 aromatic carbocycles. The van der Waals surface area contributed by atoms with E-state index in [0.717, 1.165) is 12.8 Å². The van der Waals surface area contributed by atoms with Gasteiger partial charge in [0.15, 0.2) is 0 Å². The van der Waals surface area contributed by atoms with E-state index in [-0.39, 0.29) is 23.2 Å². The molecule has 0 radical (unpaired) electrons. The number of hydrogen-bond acceptors (Lipinski definition) is 6. The monoisotopic (exact) mass is 467 g/mol. The van der Waals surface area contributed by atoms with Gasteiger partial charge in [0.2, 0.25) is 10.0 Å². The number of pyridine rings is 1. The number of carboxylic acids is 1. The first-order valence-electron chi connectivity index (χ1n) is 9.51. The number of nitrogens with one attached hydrogen (secondary N) is 1. The molecule has 3 heterocycles. The van der Waals surface area contributed by atoms with Crippen LogP contribution in [-0.4, -0.2) is 78.5 Å². The molecule has 13 heteroatoms. The molecule has 0 aliphatic carbocycles. The second-order valence-electron chi connectivity index (χ2n) is 7.15. The van der Waals surface area contributed by atoms with Crippen LogP contribution in [-0.2, 0) is 19.6 Å². The molecule has 3 rings (SSSR count). The van der Waals surface area contributed by atoms with Gasteiger partial charge in [0.1, 0.15) is 0 Å². The Kier molecular flexibility index (Phi) is 8.00. The van der Waals surface area contributed by atoms with Gasteiger partial charge >= 0.3 is 12.1 Å². The highest BCUT2D eigenvalue weighted by atomic mass is 32.2. The van der Waals surface area contributed by atoms with Crippen molar-refractivity contribution in [3.63, 3.8) is 0 Å². The zero-order chi connectivity index (χ0) is 23.3. The van der Waals surface area contributed by atoms with Gasteiger partial charge in [-0.15, -0.1) is 0 Å². The highest BCUT2D eigenvalue weighted by Gasteiger charge is 2.55. The summed E-state index contributed by atoms with van der Waals surface area (Å²) in [6.45, 7) is 3.74. The van der Waals surface area contributed by atoms with Crippen molar-refractivity contribution in [1.82, 2.24) is 14.6 Å². The van der Waals surface area contributed by atoms with Gasteiger partial charge in [0, 0.05) is 44.2 Å². The number of halogens is 3. The molecule has 2 saturated heterocycles. The van der Waals surface area contributed by atoms with Crippen molar-refractivity contribution in [3.8, 4) is 0 Å². The van der Waals surface area contributed by atoms with E-state index >= 15 is 0 Å². The average molecular weight is 467 g/mol. The minimum absolute atomic E-state index is 0.117. The Bertz CT molecular complexity index is 873. The smallest absolute Gasteiger partial charge is 0.475 e. The SMILES string of the molecule is CCS(=O)(=O)N1CC2(C1)OCCC2CCNC(=O)c1ccncc1.O=C(O)C(F)(F)F. The van der Waals surface area contributed by atoms with E-state index in [2.05, 4.69) is 10.3 Å². The van der Waals surface area contributed by atoms with Crippen LogP contribution in [0.2, 0.25) is 0 Å². The zero-order valence-corrected chi connectivity index (χ0v) is 17.6. The number of rotatable bonds is 6. The van der Waals surface area contributed by atoms with Gasteiger partial charge < -0.3 is 15.2 Å². The Morgan fingerprint density at radius 1 is 1.32 bits per heavy atom. The van der Waals surface area contributed by atoms with Crippen molar-refractivity contribution in [1.29, 1.82) is 0 Å². The number of hydrogen-bond donors (Lipinski definition) is 2. The normalized spacial score (nSPS) is 20.5. The maximum absolute atomic E-state index is 12.0. The molecule has 174 valence electrons. The van der Waals surface area contributed by atoms with E-state index in [9.17, 15) is 26.4 Å². The molecule has 1 spiro atoms. The van der Waals surface area contributed by atoms with Gasteiger partial charge in [0.25, 0.3) is 5.91 Å². The second-order valence-corrected chi connectivity index (χ2v) is 9.41. The number of ether oxygens (including phenoxy) is 1. The summed E-state index contributed by atoms with van der Waals surface area (Å²) in [4.78, 5) is 24.8. The highest BCUT2D eigenvalue weighted by Crippen LogP contribution is 2.42. The van der Waals surface area contributed by atoms with Crippen LogP contribution in [0.5, 0.6) is 0 Å². The number of alkyl halides is 3. The van der Waals surface area contributed by atoms with Crippen LogP contribution >= 0.6 is 0 Å². The highest BCUT2D eigenvalue weighted by molar-refractivity contribution is 7.89. The van der Waals surface area contributed by atoms with Gasteiger partial charge in [-0.1, -0.05) is 0 Å². The lowest BCUT2D eigenvalue weighted by Crippen LogP contribution is -2.66. The first-order valence-corrected chi connectivity index (χ1v) is 11.1. The van der Waals surface area contributed by atoms with Crippen molar-refractivity contribution in [2.75, 3.05) is 32.0 Å². The van der Waals surface area contributed by atoms with Gasteiger partial charge in [-0.2, -0.15) is 17.5 Å². The Hall–Kier alpha value is -2.25. The van der Waals surface area contributed by atoms with E-state index in [4.69, 9.17) is 14.6 Å². The number of aliphatic carboxylic acids is 1. The summed E-state index contributed by atoms with van der Waals surface area (Å²) in [5, 5.41) is 10.0. The first kappa shape index (κ1) is 25.0. The van der Waals surface area contributed by atoms with E-state index in [1.54, 1.807) is 31.5 Å². The minimum atomic E-state index is -5.08. The predicted molar refractivity (Wildman–Crippen MR) is 103 cm³/mol. The fraction of sp³-hybridized carbons (Fsp3) is 0.611. The molecule has 2 aliphatic rings. The summed E-state index contributed by atoms with van der Waals surface area (Å²) < 4.78 is 62.9. The molecular formula is C18H24F3N3O6S. The molecule has 1 atom stereocenters. The van der Waals surface area contributed by atoms with Crippen molar-refractivity contribution in [2.24, 2.45) is 5.92 Å². The summed E-state index contributed by atoms with van der Waals surface area (Å²) in [5.41, 5.74) is 0.232. The fourth-order valence-corrected chi connectivity index (χ4v) is 4.63. The molecule has 0 bridgehead atoms. The predicted octanol–water partition coefficient (Wildman–Crippen LogP) is 1.28. The number of aromatic nitrogens is 1. The lowest BCUT2D eigenvalue weighted by atomic mass is 9.80. The third kappa shape index (κ3) is 6.37. The number of carbonyl (C=O) groups excluding carboxylic acids is 1. The van der Waals surface area contributed by atoms with E-state index < -0.39 is 22.2 Å². The van der Waals surface area contributed by atoms with Crippen molar-refractivity contribution < 1.29 is 41.0 Å². The first-order chi connectivity index (χ1) is 14.4. The van der Waals surface area contributed by atoms with Gasteiger partial charge in [-0.05, 0) is 37.8 Å². The number of amides is 1. The number of carboxylic acid groups (broad SMARTS) is 1. The molecule has 9 nitrogen and oxygen atoms in total. The molecule has 1 unspecified atom stereocenters. The Labute approximate surface area is 177 Å². The lowest BCUT2D eigenvalue weighted by Gasteiger charge is -2.49. The average Bonchev–Trinajstić information content (AvgIpc) is 3.11. The van der Waals surface area contributed by atoms with Gasteiger partial charge in [0.05, 0.1) is 11.4 Å². The largest absolute Gasteiger partial charge is 0.490 e. The molecule has 1 aromatic rings. The zero-order valence-electron chi connectivity index (χ0n) is 16.8. The molecule has 2 aliphatic heterocycles. The van der Waals surface area contributed by atoms with Crippen molar-refractivity contribution in [2.45, 2.75) is 31.5 Å². The number of sulfonamides is 1. The second kappa shape index (κ2) is 9.92. The maximum Gasteiger partial charge on any atom is 0.490 e. The molecule has 1 amide bonds. The number of carbonyl (C=O) groups is 2. The van der Waals surface area contributed by atoms with E-state index in [0.29, 0.717) is 31.8 Å². The van der Waals surface area contributed by atoms with E-state index in [1.807, 2.05) is 0 Å². The summed E-state index contributed by atoms with van der Waals surface area (Å²) in [5.74, 6) is -2.48. The topological polar surface area (TPSA) is 126 Å². The molecule has 2 N–H and O–H groups in total. The fourth-order valence-electron chi connectivity index (χ4n) is 3.44. The summed E-state index contributed by atoms with van der Waals surface area (Å²) in [6, 6.07) is 3.35. The summed E-state index contributed by atoms with van der Waals surface area (Å²) >= 11 is 0. The van der Waals surface area contributed by atoms with E-state index in [1.165, 1.54) is 4.31 Å². The summed E-state index contributed by atoms with van der Waals surface area (Å²) in [6.07, 6.45) is -0.209. The third-order valence-electron chi connectivity index (χ3n) is 5.21. The van der Waals surface area contributed by atoms with Gasteiger partial charge in [-0.3, -0.25) is 9.78 Å². The number of nitrogens with zero attached hydrogens (tertiary/aromatic N) is 2. The van der Waals surface area contributed by atoms with Crippen LogP contribution in [0.3, 0.4) is 0 Å².